The molecule has 0 aliphatic carbocycles. The number of aliphatic hydroxyl groups is 1. The molecule has 0 saturated carbocycles. The molecule has 0 fully saturated rings. The van der Waals surface area contributed by atoms with Crippen LogP contribution in [0.4, 0.5) is 8.78 Å². The number of benzene rings is 1. The van der Waals surface area contributed by atoms with E-state index in [1.807, 2.05) is 0 Å². The van der Waals surface area contributed by atoms with E-state index in [4.69, 9.17) is 4.74 Å². The minimum absolute atomic E-state index is 0.0697. The van der Waals surface area contributed by atoms with Crippen LogP contribution in [0.15, 0.2) is 42.7 Å². The van der Waals surface area contributed by atoms with Gasteiger partial charge in [-0.25, -0.2) is 8.78 Å². The first-order valence-corrected chi connectivity index (χ1v) is 5.67. The van der Waals surface area contributed by atoms with Crippen molar-refractivity contribution < 1.29 is 18.6 Å². The van der Waals surface area contributed by atoms with Crippen molar-refractivity contribution >= 4 is 0 Å². The van der Waals surface area contributed by atoms with Crippen molar-refractivity contribution in [3.63, 3.8) is 0 Å². The number of halogens is 2. The van der Waals surface area contributed by atoms with Crippen LogP contribution in [0, 0.1) is 0 Å². The molecular formula is C14H13F2NO2. The molecule has 0 aliphatic rings. The van der Waals surface area contributed by atoms with Gasteiger partial charge in [0.05, 0.1) is 13.3 Å². The van der Waals surface area contributed by atoms with Gasteiger partial charge in [0.1, 0.15) is 11.9 Å². The lowest BCUT2D eigenvalue weighted by Gasteiger charge is -2.12. The van der Waals surface area contributed by atoms with Gasteiger partial charge in [-0.2, -0.15) is 0 Å². The minimum Gasteiger partial charge on any atom is -0.495 e. The molecule has 1 aromatic carbocycles. The van der Waals surface area contributed by atoms with Gasteiger partial charge in [0.25, 0.3) is 6.43 Å². The van der Waals surface area contributed by atoms with Gasteiger partial charge in [-0.05, 0) is 11.6 Å². The van der Waals surface area contributed by atoms with Gasteiger partial charge in [-0.3, -0.25) is 4.98 Å². The average Bonchev–Trinajstić information content (AvgIpc) is 2.46. The number of aliphatic hydroxyl groups excluding tert-OH is 1. The third-order valence-electron chi connectivity index (χ3n) is 2.79. The summed E-state index contributed by atoms with van der Waals surface area (Å²) in [6.07, 6.45) is -0.399. The lowest BCUT2D eigenvalue weighted by atomic mass is 10.0. The van der Waals surface area contributed by atoms with Crippen LogP contribution in [0.5, 0.6) is 5.75 Å². The highest BCUT2D eigenvalue weighted by Crippen LogP contribution is 2.26. The van der Waals surface area contributed by atoms with E-state index in [9.17, 15) is 13.9 Å². The fraction of sp³-hybridized carbons (Fsp3) is 0.214. The molecule has 0 aliphatic heterocycles. The number of aromatic nitrogens is 1. The third-order valence-corrected chi connectivity index (χ3v) is 2.79. The van der Waals surface area contributed by atoms with Crippen molar-refractivity contribution in [2.24, 2.45) is 0 Å². The zero-order valence-corrected chi connectivity index (χ0v) is 10.3. The van der Waals surface area contributed by atoms with E-state index in [0.29, 0.717) is 16.9 Å². The fourth-order valence-electron chi connectivity index (χ4n) is 1.71. The number of rotatable bonds is 4. The molecule has 100 valence electrons. The molecule has 1 N–H and O–H groups in total. The van der Waals surface area contributed by atoms with Gasteiger partial charge in [0.15, 0.2) is 0 Å². The zero-order valence-electron chi connectivity index (χ0n) is 10.3. The number of ether oxygens (including phenoxy) is 1. The first-order valence-electron chi connectivity index (χ1n) is 5.67. The van der Waals surface area contributed by atoms with Crippen LogP contribution in [0.1, 0.15) is 29.2 Å². The standard InChI is InChI=1S/C14H13F2NO2/c1-19-12-6-11(7-17-8-12)13(18)9-2-4-10(5-3-9)14(15)16/h2-8,13-14,18H,1H3. The smallest absolute Gasteiger partial charge is 0.263 e. The molecule has 1 unspecified atom stereocenters. The number of pyridine rings is 1. The third kappa shape index (κ3) is 3.06. The molecule has 0 spiro atoms. The Balaban J connectivity index is 2.25. The second-order valence-corrected chi connectivity index (χ2v) is 4.03. The second-order valence-electron chi connectivity index (χ2n) is 4.03. The van der Waals surface area contributed by atoms with E-state index >= 15 is 0 Å². The van der Waals surface area contributed by atoms with E-state index in [2.05, 4.69) is 4.98 Å². The first kappa shape index (κ1) is 13.4. The lowest BCUT2D eigenvalue weighted by Crippen LogP contribution is -2.01. The molecule has 5 heteroatoms. The molecule has 19 heavy (non-hydrogen) atoms. The highest BCUT2D eigenvalue weighted by atomic mass is 19.3. The highest BCUT2D eigenvalue weighted by molar-refractivity contribution is 5.34. The monoisotopic (exact) mass is 265 g/mol. The SMILES string of the molecule is COc1cncc(C(O)c2ccc(C(F)F)cc2)c1. The van der Waals surface area contributed by atoms with Gasteiger partial charge in [0.2, 0.25) is 0 Å². The number of alkyl halides is 2. The summed E-state index contributed by atoms with van der Waals surface area (Å²) in [5.74, 6) is 0.528. The van der Waals surface area contributed by atoms with Gasteiger partial charge < -0.3 is 9.84 Å². The Morgan fingerprint density at radius 1 is 1.05 bits per heavy atom. The summed E-state index contributed by atoms with van der Waals surface area (Å²) in [6, 6.07) is 7.21. The van der Waals surface area contributed by atoms with Crippen LogP contribution >= 0.6 is 0 Å². The van der Waals surface area contributed by atoms with Crippen molar-refractivity contribution in [3.8, 4) is 5.75 Å². The second kappa shape index (κ2) is 5.75. The molecule has 0 amide bonds. The topological polar surface area (TPSA) is 42.4 Å². The lowest BCUT2D eigenvalue weighted by molar-refractivity contribution is 0.151. The molecular weight excluding hydrogens is 252 g/mol. The Morgan fingerprint density at radius 2 is 1.68 bits per heavy atom. The zero-order chi connectivity index (χ0) is 13.8. The minimum atomic E-state index is -2.51. The number of methoxy groups -OCH3 is 1. The summed E-state index contributed by atoms with van der Waals surface area (Å²) in [5.41, 5.74) is 1.00. The quantitative estimate of drug-likeness (QED) is 0.923. The normalized spacial score (nSPS) is 12.5. The maximum atomic E-state index is 12.4. The molecule has 1 heterocycles. The summed E-state index contributed by atoms with van der Waals surface area (Å²) in [5, 5.41) is 10.2. The number of hydrogen-bond donors (Lipinski definition) is 1. The van der Waals surface area contributed by atoms with Crippen molar-refractivity contribution in [1.82, 2.24) is 4.98 Å². The van der Waals surface area contributed by atoms with Gasteiger partial charge in [-0.15, -0.1) is 0 Å². The largest absolute Gasteiger partial charge is 0.495 e. The Kier molecular flexibility index (Phi) is 4.06. The van der Waals surface area contributed by atoms with Crippen molar-refractivity contribution in [1.29, 1.82) is 0 Å². The summed E-state index contributed by atoms with van der Waals surface area (Å²) in [7, 11) is 1.50. The summed E-state index contributed by atoms with van der Waals surface area (Å²) in [4.78, 5) is 3.94. The van der Waals surface area contributed by atoms with Gasteiger partial charge >= 0.3 is 0 Å². The van der Waals surface area contributed by atoms with Crippen molar-refractivity contribution in [2.45, 2.75) is 12.5 Å². The molecule has 0 bridgehead atoms. The maximum absolute atomic E-state index is 12.4. The first-order chi connectivity index (χ1) is 9.11. The van der Waals surface area contributed by atoms with Gasteiger partial charge in [-0.1, -0.05) is 24.3 Å². The molecule has 1 aromatic heterocycles. The van der Waals surface area contributed by atoms with E-state index < -0.39 is 12.5 Å². The van der Waals surface area contributed by atoms with Crippen molar-refractivity contribution in [2.75, 3.05) is 7.11 Å². The van der Waals surface area contributed by atoms with Crippen LogP contribution in [0.2, 0.25) is 0 Å². The predicted molar refractivity (Wildman–Crippen MR) is 66.2 cm³/mol. The van der Waals surface area contributed by atoms with Crippen LogP contribution in [-0.2, 0) is 0 Å². The van der Waals surface area contributed by atoms with E-state index in [0.717, 1.165) is 0 Å². The highest BCUT2D eigenvalue weighted by Gasteiger charge is 2.13. The molecule has 0 radical (unpaired) electrons. The van der Waals surface area contributed by atoms with Crippen LogP contribution in [-0.4, -0.2) is 17.2 Å². The molecule has 2 aromatic rings. The molecule has 2 rings (SSSR count). The maximum Gasteiger partial charge on any atom is 0.263 e. The average molecular weight is 265 g/mol. The van der Waals surface area contributed by atoms with Crippen LogP contribution in [0.25, 0.3) is 0 Å². The summed E-state index contributed by atoms with van der Waals surface area (Å²) in [6.45, 7) is 0. The van der Waals surface area contributed by atoms with E-state index in [1.165, 1.54) is 43.8 Å². The summed E-state index contributed by atoms with van der Waals surface area (Å²) < 4.78 is 29.9. The van der Waals surface area contributed by atoms with Crippen molar-refractivity contribution in [3.05, 3.63) is 59.4 Å². The molecule has 3 nitrogen and oxygen atoms in total. The Labute approximate surface area is 109 Å². The van der Waals surface area contributed by atoms with Crippen LogP contribution in [0.3, 0.4) is 0 Å². The van der Waals surface area contributed by atoms with E-state index in [1.54, 1.807) is 6.07 Å². The Hall–Kier alpha value is -2.01. The Bertz CT molecular complexity index is 543. The number of nitrogens with zero attached hydrogens (tertiary/aromatic N) is 1. The summed E-state index contributed by atoms with van der Waals surface area (Å²) >= 11 is 0. The van der Waals surface area contributed by atoms with Gasteiger partial charge in [0, 0.05) is 17.3 Å². The fourth-order valence-corrected chi connectivity index (χ4v) is 1.71. The number of hydrogen-bond acceptors (Lipinski definition) is 3. The molecule has 0 saturated heterocycles. The van der Waals surface area contributed by atoms with E-state index in [-0.39, 0.29) is 5.56 Å². The van der Waals surface area contributed by atoms with Crippen LogP contribution < -0.4 is 4.74 Å². The Morgan fingerprint density at radius 3 is 2.26 bits per heavy atom. The predicted octanol–water partition coefficient (Wildman–Crippen LogP) is 3.11. The molecule has 1 atom stereocenters.